The number of alkyl carbamates (subject to hydrolysis) is 1. The van der Waals surface area contributed by atoms with Gasteiger partial charge in [0.05, 0.1) is 12.1 Å². The van der Waals surface area contributed by atoms with E-state index in [0.29, 0.717) is 0 Å². The Morgan fingerprint density at radius 2 is 2.00 bits per heavy atom. The Morgan fingerprint density at radius 3 is 2.48 bits per heavy atom. The molecule has 138 valence electrons. The van der Waals surface area contributed by atoms with Crippen molar-refractivity contribution in [2.24, 2.45) is 0 Å². The molecule has 0 bridgehead atoms. The monoisotopic (exact) mass is 380 g/mol. The highest BCUT2D eigenvalue weighted by atomic mass is 32.1. The number of imide groups is 1. The van der Waals surface area contributed by atoms with Crippen molar-refractivity contribution in [3.63, 3.8) is 0 Å². The summed E-state index contributed by atoms with van der Waals surface area (Å²) in [6.07, 6.45) is -5.73. The molecule has 4 amide bonds. The van der Waals surface area contributed by atoms with Crippen molar-refractivity contribution in [3.05, 3.63) is 16.1 Å². The summed E-state index contributed by atoms with van der Waals surface area (Å²) in [7, 11) is 0. The van der Waals surface area contributed by atoms with E-state index >= 15 is 0 Å². The summed E-state index contributed by atoms with van der Waals surface area (Å²) in [5.41, 5.74) is -2.82. The van der Waals surface area contributed by atoms with Crippen molar-refractivity contribution in [3.8, 4) is 0 Å². The van der Waals surface area contributed by atoms with Gasteiger partial charge in [-0.2, -0.15) is 13.2 Å². The fourth-order valence-corrected chi connectivity index (χ4v) is 2.87. The van der Waals surface area contributed by atoms with Gasteiger partial charge in [0.1, 0.15) is 16.2 Å². The number of nitrogens with one attached hydrogen (secondary N) is 3. The molecule has 0 spiro atoms. The lowest BCUT2D eigenvalue weighted by atomic mass is 9.94. The number of aromatic nitrogens is 1. The first-order chi connectivity index (χ1) is 11.3. The van der Waals surface area contributed by atoms with Crippen LogP contribution < -0.4 is 16.0 Å². The molecule has 0 aromatic carbocycles. The lowest BCUT2D eigenvalue weighted by Gasteiger charge is -2.27. The SMILES string of the molecule is CC(C)(C)OC(=O)NCC1(c2ncsc2C(F)(F)F)NC(=O)NC1=O. The molecule has 8 nitrogen and oxygen atoms in total. The van der Waals surface area contributed by atoms with Crippen LogP contribution >= 0.6 is 11.3 Å². The lowest BCUT2D eigenvalue weighted by molar-refractivity contribution is -0.136. The molecule has 0 aliphatic carbocycles. The molecule has 1 atom stereocenters. The van der Waals surface area contributed by atoms with Crippen LogP contribution in [-0.4, -0.2) is 35.2 Å². The Balaban J connectivity index is 2.35. The van der Waals surface area contributed by atoms with Gasteiger partial charge in [-0.05, 0) is 20.8 Å². The summed E-state index contributed by atoms with van der Waals surface area (Å²) in [4.78, 5) is 37.9. The van der Waals surface area contributed by atoms with Crippen molar-refractivity contribution in [2.45, 2.75) is 38.1 Å². The number of halogens is 3. The predicted octanol–water partition coefficient (Wildman–Crippen LogP) is 1.72. The Morgan fingerprint density at radius 1 is 1.36 bits per heavy atom. The number of nitrogens with zero attached hydrogens (tertiary/aromatic N) is 1. The van der Waals surface area contributed by atoms with E-state index in [-0.39, 0.29) is 11.3 Å². The van der Waals surface area contributed by atoms with Gasteiger partial charge in [0.25, 0.3) is 5.91 Å². The van der Waals surface area contributed by atoms with Gasteiger partial charge >= 0.3 is 18.3 Å². The molecule has 1 unspecified atom stereocenters. The third-order valence-corrected chi connectivity index (χ3v) is 3.94. The van der Waals surface area contributed by atoms with Crippen LogP contribution in [0.25, 0.3) is 0 Å². The minimum Gasteiger partial charge on any atom is -0.444 e. The van der Waals surface area contributed by atoms with Crippen LogP contribution in [0.1, 0.15) is 31.3 Å². The van der Waals surface area contributed by atoms with E-state index < -0.39 is 52.5 Å². The van der Waals surface area contributed by atoms with Crippen LogP contribution in [0.5, 0.6) is 0 Å². The number of hydrogen-bond acceptors (Lipinski definition) is 6. The first kappa shape index (κ1) is 19.0. The number of urea groups is 1. The van der Waals surface area contributed by atoms with Crippen LogP contribution in [0.3, 0.4) is 0 Å². The van der Waals surface area contributed by atoms with Crippen LogP contribution in [-0.2, 0) is 21.2 Å². The largest absolute Gasteiger partial charge is 0.444 e. The van der Waals surface area contributed by atoms with Crippen molar-refractivity contribution < 1.29 is 32.3 Å². The minimum absolute atomic E-state index is 0.278. The first-order valence-corrected chi connectivity index (χ1v) is 7.85. The van der Waals surface area contributed by atoms with E-state index in [1.807, 2.05) is 5.32 Å². The molecule has 0 saturated carbocycles. The fraction of sp³-hybridized carbons (Fsp3) is 0.538. The van der Waals surface area contributed by atoms with Crippen molar-refractivity contribution >= 4 is 29.4 Å². The van der Waals surface area contributed by atoms with Gasteiger partial charge in [0.2, 0.25) is 0 Å². The van der Waals surface area contributed by atoms with E-state index in [4.69, 9.17) is 4.74 Å². The fourth-order valence-electron chi connectivity index (χ4n) is 2.14. The maximum Gasteiger partial charge on any atom is 0.427 e. The summed E-state index contributed by atoms with van der Waals surface area (Å²) in [5, 5.41) is 6.19. The number of rotatable bonds is 3. The maximum atomic E-state index is 13.2. The van der Waals surface area contributed by atoms with Gasteiger partial charge in [-0.1, -0.05) is 0 Å². The Bertz CT molecular complexity index is 713. The zero-order chi connectivity index (χ0) is 19.0. The molecule has 1 aromatic rings. The van der Waals surface area contributed by atoms with Crippen molar-refractivity contribution in [1.82, 2.24) is 20.9 Å². The molecule has 1 aliphatic rings. The second-order valence-corrected chi connectivity index (χ2v) is 7.05. The zero-order valence-electron chi connectivity index (χ0n) is 13.4. The lowest BCUT2D eigenvalue weighted by Crippen LogP contribution is -2.54. The second-order valence-electron chi connectivity index (χ2n) is 6.20. The standard InChI is InChI=1S/C13H15F3N4O4S/c1-11(2,3)24-10(23)17-4-12(8(21)19-9(22)20-12)6-7(13(14,15)16)25-5-18-6/h5H,4H2,1-3H3,(H,17,23)(H2,19,20,21,22). The van der Waals surface area contributed by atoms with Crippen molar-refractivity contribution in [2.75, 3.05) is 6.54 Å². The molecule has 2 rings (SSSR count). The molecule has 1 aliphatic heterocycles. The number of alkyl halides is 3. The third kappa shape index (κ3) is 4.00. The molecule has 12 heteroatoms. The van der Waals surface area contributed by atoms with Crippen LogP contribution in [0.2, 0.25) is 0 Å². The number of carbonyl (C=O) groups is 3. The van der Waals surface area contributed by atoms with Crippen LogP contribution in [0.4, 0.5) is 22.8 Å². The number of ether oxygens (including phenoxy) is 1. The van der Waals surface area contributed by atoms with E-state index in [1.165, 1.54) is 0 Å². The molecule has 1 fully saturated rings. The molecule has 1 saturated heterocycles. The molecule has 25 heavy (non-hydrogen) atoms. The summed E-state index contributed by atoms with van der Waals surface area (Å²) in [6.45, 7) is 4.12. The summed E-state index contributed by atoms with van der Waals surface area (Å²) < 4.78 is 44.5. The smallest absolute Gasteiger partial charge is 0.427 e. The van der Waals surface area contributed by atoms with Gasteiger partial charge in [-0.3, -0.25) is 10.1 Å². The van der Waals surface area contributed by atoms with Gasteiger partial charge in [-0.15, -0.1) is 11.3 Å². The average Bonchev–Trinajstić information content (AvgIpc) is 2.99. The normalized spacial score (nSPS) is 20.9. The molecule has 3 N–H and O–H groups in total. The maximum absolute atomic E-state index is 13.2. The highest BCUT2D eigenvalue weighted by Crippen LogP contribution is 2.39. The molecule has 2 heterocycles. The molecular weight excluding hydrogens is 365 g/mol. The van der Waals surface area contributed by atoms with E-state index in [0.717, 1.165) is 5.51 Å². The first-order valence-electron chi connectivity index (χ1n) is 6.97. The third-order valence-electron chi connectivity index (χ3n) is 3.07. The average molecular weight is 380 g/mol. The number of thiazole rings is 1. The van der Waals surface area contributed by atoms with Gasteiger partial charge in [0.15, 0.2) is 5.54 Å². The quantitative estimate of drug-likeness (QED) is 0.692. The Hall–Kier alpha value is -2.37. The second kappa shape index (κ2) is 6.17. The topological polar surface area (TPSA) is 109 Å². The predicted molar refractivity (Wildman–Crippen MR) is 79.7 cm³/mol. The van der Waals surface area contributed by atoms with Crippen molar-refractivity contribution in [1.29, 1.82) is 0 Å². The number of amides is 4. The minimum atomic E-state index is -4.77. The molecule has 0 radical (unpaired) electrons. The van der Waals surface area contributed by atoms with Gasteiger partial charge in [-0.25, -0.2) is 14.6 Å². The van der Waals surface area contributed by atoms with Crippen LogP contribution in [0, 0.1) is 0 Å². The van der Waals surface area contributed by atoms with E-state index in [1.54, 1.807) is 20.8 Å². The number of carbonyl (C=O) groups excluding carboxylic acids is 3. The van der Waals surface area contributed by atoms with Crippen LogP contribution in [0.15, 0.2) is 5.51 Å². The summed E-state index contributed by atoms with van der Waals surface area (Å²) in [6, 6.07) is -0.989. The molecular formula is C13H15F3N4O4S. The van der Waals surface area contributed by atoms with E-state index in [2.05, 4.69) is 15.6 Å². The summed E-state index contributed by atoms with van der Waals surface area (Å²) >= 11 is 0.278. The zero-order valence-corrected chi connectivity index (χ0v) is 14.2. The van der Waals surface area contributed by atoms with E-state index in [9.17, 15) is 27.6 Å². The summed E-state index contributed by atoms with van der Waals surface area (Å²) in [5.74, 6) is -1.05. The molecule has 1 aromatic heterocycles. The highest BCUT2D eigenvalue weighted by molar-refractivity contribution is 7.09. The van der Waals surface area contributed by atoms with Gasteiger partial charge < -0.3 is 15.4 Å². The van der Waals surface area contributed by atoms with Gasteiger partial charge in [0, 0.05) is 0 Å². The Kier molecular flexibility index (Phi) is 4.68. The number of hydrogen-bond donors (Lipinski definition) is 3. The Labute approximate surface area is 144 Å². The highest BCUT2D eigenvalue weighted by Gasteiger charge is 2.54.